The summed E-state index contributed by atoms with van der Waals surface area (Å²) in [7, 11) is -3.12. The highest BCUT2D eigenvalue weighted by Crippen LogP contribution is 1.27. The Kier molecular flexibility index (Phi) is 8.50. The van der Waals surface area contributed by atoms with Gasteiger partial charge in [0.1, 0.15) is 0 Å². The molecule has 0 aromatic carbocycles. The first-order chi connectivity index (χ1) is 1.73. The standard InChI is InChI=1S/HI.H2O3S/c;1-4(2)3/h1H;4H,(H,1,2,3). The van der Waals surface area contributed by atoms with Crippen LogP contribution in [-0.4, -0.2) is 13.0 Å². The molecule has 1 N–H and O–H groups in total. The van der Waals surface area contributed by atoms with Gasteiger partial charge in [0, 0.05) is 0 Å². The molecule has 0 aromatic rings. The second-order valence-electron chi connectivity index (χ2n) is 0.238. The molecule has 0 aliphatic rings. The van der Waals surface area contributed by atoms with Crippen molar-refractivity contribution in [3.05, 3.63) is 0 Å². The van der Waals surface area contributed by atoms with E-state index in [1.54, 1.807) is 0 Å². The van der Waals surface area contributed by atoms with Gasteiger partial charge in [0.05, 0.1) is 0 Å². The highest BCUT2D eigenvalue weighted by Gasteiger charge is 1.44. The molecule has 5 heavy (non-hydrogen) atoms. The van der Waals surface area contributed by atoms with Crippen LogP contribution in [0.5, 0.6) is 0 Å². The van der Waals surface area contributed by atoms with Gasteiger partial charge in [-0.05, 0) is 0 Å². The van der Waals surface area contributed by atoms with Crippen LogP contribution in [0.3, 0.4) is 0 Å². The molecule has 0 bridgehead atoms. The fourth-order valence-electron chi connectivity index (χ4n) is 0. The molecule has 5 heteroatoms. The summed E-state index contributed by atoms with van der Waals surface area (Å²) in [6.07, 6.45) is 0. The van der Waals surface area contributed by atoms with Gasteiger partial charge in [0.15, 0.2) is 0 Å². The van der Waals surface area contributed by atoms with Crippen molar-refractivity contribution in [3.63, 3.8) is 0 Å². The van der Waals surface area contributed by atoms with Crippen LogP contribution < -0.4 is 0 Å². The molecule has 0 unspecified atom stereocenters. The third-order valence-electron chi connectivity index (χ3n) is 0. The van der Waals surface area contributed by atoms with Crippen LogP contribution in [0.15, 0.2) is 0 Å². The number of rotatable bonds is 0. The molecule has 0 saturated heterocycles. The largest absolute Gasteiger partial charge is 0.288 e. The lowest BCUT2D eigenvalue weighted by molar-refractivity contribution is 0.509. The smallest absolute Gasteiger partial charge is 0.254 e. The van der Waals surface area contributed by atoms with Crippen LogP contribution in [0.25, 0.3) is 0 Å². The van der Waals surface area contributed by atoms with Crippen molar-refractivity contribution in [1.29, 1.82) is 0 Å². The lowest BCUT2D eigenvalue weighted by Crippen LogP contribution is -1.58. The Morgan fingerprint density at radius 2 is 1.40 bits per heavy atom. The highest BCUT2D eigenvalue weighted by atomic mass is 127. The van der Waals surface area contributed by atoms with Crippen molar-refractivity contribution >= 4 is 35.0 Å². The molecule has 0 amide bonds. The molecular formula is H3IO3S. The first-order valence-corrected chi connectivity index (χ1v) is 1.70. The van der Waals surface area contributed by atoms with E-state index in [0.29, 0.717) is 0 Å². The monoisotopic (exact) mass is 210 g/mol. The van der Waals surface area contributed by atoms with Crippen LogP contribution in [-0.2, 0) is 11.0 Å². The molecule has 0 heterocycles. The predicted octanol–water partition coefficient (Wildman–Crippen LogP) is -0.311. The SMILES string of the molecule is I.O=[SH](=O)O. The molecule has 0 fully saturated rings. The van der Waals surface area contributed by atoms with Crippen LogP contribution in [0, 0.1) is 0 Å². The van der Waals surface area contributed by atoms with Crippen molar-refractivity contribution in [1.82, 2.24) is 0 Å². The van der Waals surface area contributed by atoms with Gasteiger partial charge in [-0.3, -0.25) is 4.55 Å². The Morgan fingerprint density at radius 1 is 1.40 bits per heavy atom. The Morgan fingerprint density at radius 3 is 1.40 bits per heavy atom. The zero-order chi connectivity index (χ0) is 3.58. The second-order valence-corrected chi connectivity index (χ2v) is 0.714. The molecule has 0 aromatic heterocycles. The minimum Gasteiger partial charge on any atom is -0.288 e. The zero-order valence-electron chi connectivity index (χ0n) is 2.12. The van der Waals surface area contributed by atoms with E-state index >= 15 is 0 Å². The van der Waals surface area contributed by atoms with Crippen molar-refractivity contribution in [3.8, 4) is 0 Å². The molecule has 0 spiro atoms. The third kappa shape index (κ3) is 79.0. The number of halogens is 1. The number of hydrogen-bond donors (Lipinski definition) is 2. The Bertz CT molecular complexity index is 55.3. The highest BCUT2D eigenvalue weighted by molar-refractivity contribution is 14.0. The molecule has 0 atom stereocenters. The average molecular weight is 210 g/mol. The minimum atomic E-state index is -3.12. The average Bonchev–Trinajstić information content (AvgIpc) is 0.811. The Hall–Kier alpha value is 0.640. The fourth-order valence-corrected chi connectivity index (χ4v) is 0. The summed E-state index contributed by atoms with van der Waals surface area (Å²) in [4.78, 5) is 0. The maximum absolute atomic E-state index is 8.59. The van der Waals surface area contributed by atoms with Gasteiger partial charge >= 0.3 is 0 Å². The molecular weight excluding hydrogens is 207 g/mol. The summed E-state index contributed by atoms with van der Waals surface area (Å²) in [5, 5.41) is 0. The number of thiol groups is 1. The minimum absolute atomic E-state index is 0. The molecule has 0 radical (unpaired) electrons. The van der Waals surface area contributed by atoms with Crippen LogP contribution in [0.2, 0.25) is 0 Å². The van der Waals surface area contributed by atoms with Gasteiger partial charge in [0.2, 0.25) is 0 Å². The van der Waals surface area contributed by atoms with Crippen LogP contribution >= 0.6 is 24.0 Å². The maximum atomic E-state index is 8.59. The number of hydrogen-bond acceptors (Lipinski definition) is 2. The molecule has 0 saturated carbocycles. The molecule has 0 aliphatic carbocycles. The summed E-state index contributed by atoms with van der Waals surface area (Å²) in [5.41, 5.74) is 0. The predicted molar refractivity (Wildman–Crippen MR) is 28.4 cm³/mol. The molecule has 3 nitrogen and oxygen atoms in total. The van der Waals surface area contributed by atoms with E-state index in [-0.39, 0.29) is 24.0 Å². The van der Waals surface area contributed by atoms with Gasteiger partial charge in [0.25, 0.3) is 11.0 Å². The van der Waals surface area contributed by atoms with E-state index in [2.05, 4.69) is 0 Å². The third-order valence-corrected chi connectivity index (χ3v) is 0. The van der Waals surface area contributed by atoms with Gasteiger partial charge < -0.3 is 0 Å². The molecule has 0 rings (SSSR count). The summed E-state index contributed by atoms with van der Waals surface area (Å²) < 4.78 is 24.2. The van der Waals surface area contributed by atoms with E-state index < -0.39 is 11.0 Å². The van der Waals surface area contributed by atoms with Gasteiger partial charge in [-0.2, -0.15) is 0 Å². The maximum Gasteiger partial charge on any atom is 0.254 e. The molecule has 0 aliphatic heterocycles. The van der Waals surface area contributed by atoms with Crippen molar-refractivity contribution in [2.45, 2.75) is 0 Å². The van der Waals surface area contributed by atoms with Crippen molar-refractivity contribution < 1.29 is 13.0 Å². The van der Waals surface area contributed by atoms with Gasteiger partial charge in [-0.1, -0.05) is 0 Å². The van der Waals surface area contributed by atoms with E-state index in [0.717, 1.165) is 0 Å². The normalized spacial score (nSPS) is 6.80. The van der Waals surface area contributed by atoms with E-state index in [1.807, 2.05) is 0 Å². The van der Waals surface area contributed by atoms with Crippen molar-refractivity contribution in [2.75, 3.05) is 0 Å². The quantitative estimate of drug-likeness (QED) is 0.327. The zero-order valence-corrected chi connectivity index (χ0v) is 5.34. The van der Waals surface area contributed by atoms with E-state index in [1.165, 1.54) is 0 Å². The first kappa shape index (κ1) is 9.16. The molecule has 34 valence electrons. The van der Waals surface area contributed by atoms with Gasteiger partial charge in [-0.25, -0.2) is 8.42 Å². The van der Waals surface area contributed by atoms with Crippen LogP contribution in [0.4, 0.5) is 0 Å². The lowest BCUT2D eigenvalue weighted by Gasteiger charge is -1.43. The summed E-state index contributed by atoms with van der Waals surface area (Å²) in [6, 6.07) is 0. The Labute approximate surface area is 48.2 Å². The van der Waals surface area contributed by atoms with E-state index in [4.69, 9.17) is 13.0 Å². The van der Waals surface area contributed by atoms with E-state index in [9.17, 15) is 0 Å². The second kappa shape index (κ2) is 4.64. The summed E-state index contributed by atoms with van der Waals surface area (Å²) in [6.45, 7) is 0. The topological polar surface area (TPSA) is 54.4 Å². The van der Waals surface area contributed by atoms with Crippen LogP contribution in [0.1, 0.15) is 0 Å². The summed E-state index contributed by atoms with van der Waals surface area (Å²) >= 11 is 0. The first-order valence-electron chi connectivity index (χ1n) is 0.565. The van der Waals surface area contributed by atoms with Crippen molar-refractivity contribution in [2.24, 2.45) is 0 Å². The fraction of sp³-hybridized carbons (Fsp3) is 0. The van der Waals surface area contributed by atoms with Gasteiger partial charge in [-0.15, -0.1) is 24.0 Å². The lowest BCUT2D eigenvalue weighted by atomic mass is 15.9. The summed E-state index contributed by atoms with van der Waals surface area (Å²) in [5.74, 6) is 0. The Balaban J connectivity index is 0.